The first-order chi connectivity index (χ1) is 23.5. The summed E-state index contributed by atoms with van der Waals surface area (Å²) in [5.41, 5.74) is 8.67. The summed E-state index contributed by atoms with van der Waals surface area (Å²) in [7, 11) is 0. The molecule has 0 aliphatic carbocycles. The van der Waals surface area contributed by atoms with E-state index in [0.717, 1.165) is 9.13 Å². The van der Waals surface area contributed by atoms with Crippen LogP contribution in [0.25, 0.3) is 0 Å². The molecule has 2 saturated heterocycles. The van der Waals surface area contributed by atoms with E-state index in [9.17, 15) is 49.2 Å². The number of anilines is 2. The van der Waals surface area contributed by atoms with Gasteiger partial charge < -0.3 is 72.4 Å². The largest absolute Gasteiger partial charge is 0.480 e. The van der Waals surface area contributed by atoms with Crippen LogP contribution in [0.1, 0.15) is 25.3 Å². The van der Waals surface area contributed by atoms with Gasteiger partial charge in [0, 0.05) is 77.8 Å². The monoisotopic (exact) mass is 894 g/mol. The zero-order valence-electron chi connectivity index (χ0n) is 26.9. The van der Waals surface area contributed by atoms with E-state index in [1.807, 2.05) is 0 Å². The zero-order chi connectivity index (χ0) is 37.4. The molecule has 4 rings (SSSR count). The number of ether oxygens (including phenoxy) is 2. The number of carbonyl (C=O) groups excluding carboxylic acids is 2. The Hall–Kier alpha value is -2.55. The first kappa shape index (κ1) is 47.5. The van der Waals surface area contributed by atoms with Gasteiger partial charge in [-0.3, -0.25) is 28.3 Å². The van der Waals surface area contributed by atoms with E-state index in [-0.39, 0.29) is 77.1 Å². The van der Waals surface area contributed by atoms with Crippen molar-refractivity contribution in [3.05, 3.63) is 45.5 Å². The fraction of sp³-hybridized carbons (Fsp3) is 0.538. The van der Waals surface area contributed by atoms with Crippen LogP contribution in [0.5, 0.6) is 0 Å². The van der Waals surface area contributed by atoms with Crippen LogP contribution < -0.4 is 33.5 Å². The fourth-order valence-electron chi connectivity index (χ4n) is 4.53. The number of nitrogens with one attached hydrogen (secondary N) is 2. The first-order valence-electron chi connectivity index (χ1n) is 14.5. The number of carboxylic acid groups (broad SMARTS) is 2. The van der Waals surface area contributed by atoms with Crippen molar-refractivity contribution in [2.75, 3.05) is 23.8 Å². The standard InChI is InChI=1S/2C13H18N4O8.2Y/c2*14-5(12(22)23)3-8(19)15-7-1-2-17(13(24)16-7)11-10(21)9(20)6(4-18)25-11;;/h2*1-2,5-6,9-11,18,20-21H,3-4,14H2,(H,22,23)(H,15,16,19,24);;/t2*5-,6+,9?,10+,11+;;/m00../s1. The van der Waals surface area contributed by atoms with Crippen molar-refractivity contribution >= 4 is 35.4 Å². The molecule has 2 radical (unpaired) electrons. The van der Waals surface area contributed by atoms with Gasteiger partial charge in [-0.2, -0.15) is 9.97 Å². The molecule has 2 aliphatic heterocycles. The molecule has 0 aromatic carbocycles. The van der Waals surface area contributed by atoms with Crippen LogP contribution in [-0.2, 0) is 94.1 Å². The summed E-state index contributed by atoms with van der Waals surface area (Å²) in [6.07, 6.45) is -8.94. The third kappa shape index (κ3) is 12.2. The number of nitrogens with two attached hydrogens (primary N) is 2. The maximum Gasteiger partial charge on any atom is 0.351 e. The average Bonchev–Trinajstić information content (AvgIpc) is 3.50. The second-order valence-corrected chi connectivity index (χ2v) is 10.9. The Morgan fingerprint density at radius 3 is 1.27 bits per heavy atom. The number of aliphatic carboxylic acids is 2. The number of carbonyl (C=O) groups is 4. The van der Waals surface area contributed by atoms with Gasteiger partial charge >= 0.3 is 23.3 Å². The minimum Gasteiger partial charge on any atom is -0.480 e. The SMILES string of the molecule is N[C@@H](CC(=O)Nc1ccn([C@@H]2O[C@H](CO)C(O)[C@H]2O)c(=O)n1)C(=O)O.N[C@@H](CC(=O)Nc1ccn([C@@H]2O[C@H](CO)C(O)[C@H]2O)c(=O)n1)C(=O)O.[Y].[Y]. The molecule has 4 heterocycles. The van der Waals surface area contributed by atoms with Gasteiger partial charge in [-0.1, -0.05) is 0 Å². The zero-order valence-corrected chi connectivity index (χ0v) is 32.5. The van der Waals surface area contributed by atoms with Crippen molar-refractivity contribution in [3.63, 3.8) is 0 Å². The summed E-state index contributed by atoms with van der Waals surface area (Å²) in [6, 6.07) is -0.334. The summed E-state index contributed by atoms with van der Waals surface area (Å²) < 4.78 is 12.2. The molecule has 282 valence electrons. The van der Waals surface area contributed by atoms with E-state index >= 15 is 0 Å². The van der Waals surface area contributed by atoms with Gasteiger partial charge in [0.15, 0.2) is 12.5 Å². The van der Waals surface area contributed by atoms with Crippen LogP contribution >= 0.6 is 0 Å². The molecule has 10 atom stereocenters. The van der Waals surface area contributed by atoms with E-state index < -0.39 is 122 Å². The van der Waals surface area contributed by atoms with E-state index in [4.69, 9.17) is 41.4 Å². The molecule has 0 spiro atoms. The van der Waals surface area contributed by atoms with Gasteiger partial charge in [0.2, 0.25) is 11.8 Å². The Morgan fingerprint density at radius 2 is 1.02 bits per heavy atom. The topological polar surface area (TPSA) is 394 Å². The van der Waals surface area contributed by atoms with Gasteiger partial charge in [0.25, 0.3) is 0 Å². The van der Waals surface area contributed by atoms with E-state index in [2.05, 4.69) is 20.6 Å². The predicted octanol–water partition coefficient (Wildman–Crippen LogP) is -6.81. The number of nitrogens with zero attached hydrogens (tertiary/aromatic N) is 4. The third-order valence-electron chi connectivity index (χ3n) is 7.22. The average molecular weight is 894 g/mol. The molecule has 0 bridgehead atoms. The number of rotatable bonds is 12. The molecule has 2 unspecified atom stereocenters. The minimum absolute atomic E-state index is 0. The van der Waals surface area contributed by atoms with Gasteiger partial charge in [0.1, 0.15) is 60.3 Å². The van der Waals surface area contributed by atoms with Crippen molar-refractivity contribution in [1.29, 1.82) is 0 Å². The Labute approximate surface area is 341 Å². The molecule has 2 aliphatic rings. The molecular weight excluding hydrogens is 858 g/mol. The Balaban J connectivity index is 0.000000501. The molecule has 14 N–H and O–H groups in total. The quantitative estimate of drug-likeness (QED) is 0.0942. The minimum atomic E-state index is -1.45. The summed E-state index contributed by atoms with van der Waals surface area (Å²) >= 11 is 0. The second kappa shape index (κ2) is 21.4. The predicted molar refractivity (Wildman–Crippen MR) is 161 cm³/mol. The van der Waals surface area contributed by atoms with Gasteiger partial charge in [-0.25, -0.2) is 9.59 Å². The molecular formula is C26H36N8O16Y2. The summed E-state index contributed by atoms with van der Waals surface area (Å²) in [6.45, 7) is -1.09. The maximum absolute atomic E-state index is 12.0. The van der Waals surface area contributed by atoms with E-state index in [1.165, 1.54) is 24.5 Å². The van der Waals surface area contributed by atoms with Gasteiger partial charge in [0.05, 0.1) is 26.1 Å². The van der Waals surface area contributed by atoms with Crippen molar-refractivity contribution in [1.82, 2.24) is 19.1 Å². The molecule has 26 heteroatoms. The fourth-order valence-corrected chi connectivity index (χ4v) is 4.53. The molecule has 2 aromatic rings. The Morgan fingerprint density at radius 1 is 0.692 bits per heavy atom. The number of hydrogen-bond donors (Lipinski definition) is 12. The Bertz CT molecular complexity index is 1550. The summed E-state index contributed by atoms with van der Waals surface area (Å²) in [5.74, 6) is -4.46. The second-order valence-electron chi connectivity index (χ2n) is 10.9. The smallest absolute Gasteiger partial charge is 0.351 e. The van der Waals surface area contributed by atoms with Crippen molar-refractivity contribution in [2.45, 2.75) is 74.0 Å². The molecule has 2 fully saturated rings. The van der Waals surface area contributed by atoms with Crippen LogP contribution in [-0.4, -0.2) is 146 Å². The number of hydrogen-bond acceptors (Lipinski definition) is 18. The van der Waals surface area contributed by atoms with Gasteiger partial charge in [-0.15, -0.1) is 0 Å². The number of aliphatic hydroxyl groups is 6. The van der Waals surface area contributed by atoms with E-state index in [0.29, 0.717) is 0 Å². The van der Waals surface area contributed by atoms with E-state index in [1.54, 1.807) is 0 Å². The number of aliphatic hydroxyl groups excluding tert-OH is 6. The molecule has 0 saturated carbocycles. The summed E-state index contributed by atoms with van der Waals surface area (Å²) in [4.78, 5) is 75.6. The van der Waals surface area contributed by atoms with Crippen LogP contribution in [0.4, 0.5) is 11.6 Å². The summed E-state index contributed by atoms with van der Waals surface area (Å²) in [5, 5.41) is 79.0. The third-order valence-corrected chi connectivity index (χ3v) is 7.22. The van der Waals surface area contributed by atoms with Crippen LogP contribution in [0.15, 0.2) is 34.1 Å². The van der Waals surface area contributed by atoms with Crippen LogP contribution in [0.2, 0.25) is 0 Å². The maximum atomic E-state index is 12.0. The first-order valence-corrected chi connectivity index (χ1v) is 14.5. The normalized spacial score (nSPS) is 26.0. The molecule has 52 heavy (non-hydrogen) atoms. The molecule has 2 aromatic heterocycles. The number of amides is 2. The van der Waals surface area contributed by atoms with Crippen LogP contribution in [0, 0.1) is 0 Å². The van der Waals surface area contributed by atoms with Crippen molar-refractivity contribution < 1.29 is 135 Å². The Kier molecular flexibility index (Phi) is 19.5. The number of aromatic nitrogens is 4. The van der Waals surface area contributed by atoms with Crippen molar-refractivity contribution in [2.24, 2.45) is 11.5 Å². The van der Waals surface area contributed by atoms with Gasteiger partial charge in [-0.05, 0) is 12.1 Å². The number of carboxylic acids is 2. The molecule has 2 amide bonds. The molecule has 24 nitrogen and oxygen atoms in total. The van der Waals surface area contributed by atoms with Crippen molar-refractivity contribution in [3.8, 4) is 0 Å². The van der Waals surface area contributed by atoms with Crippen LogP contribution in [0.3, 0.4) is 0 Å².